The van der Waals surface area contributed by atoms with Crippen molar-refractivity contribution in [1.82, 2.24) is 4.90 Å². The molecule has 1 unspecified atom stereocenters. The van der Waals surface area contributed by atoms with Gasteiger partial charge in [-0.3, -0.25) is 14.4 Å². The highest BCUT2D eigenvalue weighted by molar-refractivity contribution is 6.46. The molecule has 1 fully saturated rings. The van der Waals surface area contributed by atoms with Crippen molar-refractivity contribution in [2.45, 2.75) is 12.5 Å². The summed E-state index contributed by atoms with van der Waals surface area (Å²) in [7, 11) is 0. The first-order valence-electron chi connectivity index (χ1n) is 8.21. The van der Waals surface area contributed by atoms with Crippen LogP contribution in [0.1, 0.15) is 23.6 Å². The van der Waals surface area contributed by atoms with Crippen molar-refractivity contribution in [3.63, 3.8) is 0 Å². The number of aliphatic hydroxyl groups excluding tert-OH is 1. The molecule has 1 atom stereocenters. The number of carbonyl (C=O) groups is 3. The predicted octanol–water partition coefficient (Wildman–Crippen LogP) is 2.72. The van der Waals surface area contributed by atoms with Crippen molar-refractivity contribution < 1.29 is 29.0 Å². The van der Waals surface area contributed by atoms with Crippen LogP contribution in [-0.4, -0.2) is 39.3 Å². The molecule has 0 saturated carbocycles. The van der Waals surface area contributed by atoms with Crippen molar-refractivity contribution in [3.8, 4) is 0 Å². The quantitative estimate of drug-likeness (QED) is 0.480. The number of benzene rings is 2. The van der Waals surface area contributed by atoms with Gasteiger partial charge in [-0.15, -0.1) is 0 Å². The molecule has 7 heteroatoms. The van der Waals surface area contributed by atoms with E-state index < -0.39 is 29.5 Å². The van der Waals surface area contributed by atoms with Gasteiger partial charge in [0.05, 0.1) is 18.0 Å². The number of carboxylic acid groups (broad SMARTS) is 1. The SMILES string of the molecule is O=C(O)CCN1C(=O)C(=O)C(=C(O)c2ccccc2)C1c1cccc(F)c1. The fraction of sp³-hybridized carbons (Fsp3) is 0.150. The number of hydrogen-bond donors (Lipinski definition) is 2. The Hall–Kier alpha value is -3.48. The highest BCUT2D eigenvalue weighted by atomic mass is 19.1. The van der Waals surface area contributed by atoms with Gasteiger partial charge < -0.3 is 15.1 Å². The first-order valence-corrected chi connectivity index (χ1v) is 8.21. The minimum absolute atomic E-state index is 0.192. The van der Waals surface area contributed by atoms with Crippen LogP contribution in [0.15, 0.2) is 60.2 Å². The van der Waals surface area contributed by atoms with Crippen LogP contribution in [0.25, 0.3) is 5.76 Å². The van der Waals surface area contributed by atoms with E-state index >= 15 is 0 Å². The predicted molar refractivity (Wildman–Crippen MR) is 94.1 cm³/mol. The minimum Gasteiger partial charge on any atom is -0.507 e. The van der Waals surface area contributed by atoms with Crippen LogP contribution in [0.2, 0.25) is 0 Å². The number of nitrogens with zero attached hydrogens (tertiary/aromatic N) is 1. The van der Waals surface area contributed by atoms with Gasteiger partial charge in [0.15, 0.2) is 0 Å². The molecule has 0 aromatic heterocycles. The zero-order valence-corrected chi connectivity index (χ0v) is 14.1. The molecule has 0 aliphatic carbocycles. The van der Waals surface area contributed by atoms with E-state index in [0.717, 1.165) is 11.0 Å². The Balaban J connectivity index is 2.16. The van der Waals surface area contributed by atoms with E-state index in [1.807, 2.05) is 0 Å². The van der Waals surface area contributed by atoms with Gasteiger partial charge in [-0.1, -0.05) is 42.5 Å². The number of rotatable bonds is 5. The van der Waals surface area contributed by atoms with Gasteiger partial charge in [0.25, 0.3) is 11.7 Å². The first kappa shape index (κ1) is 18.3. The van der Waals surface area contributed by atoms with Crippen molar-refractivity contribution in [3.05, 3.63) is 77.1 Å². The third kappa shape index (κ3) is 3.57. The smallest absolute Gasteiger partial charge is 0.305 e. The summed E-state index contributed by atoms with van der Waals surface area (Å²) in [5, 5.41) is 19.6. The number of ketones is 1. The third-order valence-electron chi connectivity index (χ3n) is 4.32. The molecular weight excluding hydrogens is 353 g/mol. The van der Waals surface area contributed by atoms with Gasteiger partial charge in [-0.2, -0.15) is 0 Å². The van der Waals surface area contributed by atoms with Crippen LogP contribution in [0.5, 0.6) is 0 Å². The summed E-state index contributed by atoms with van der Waals surface area (Å²) in [6, 6.07) is 12.4. The van der Waals surface area contributed by atoms with E-state index in [9.17, 15) is 23.9 Å². The Kier molecular flexibility index (Phi) is 5.03. The number of likely N-dealkylation sites (tertiary alicyclic amines) is 1. The molecule has 0 bridgehead atoms. The van der Waals surface area contributed by atoms with Crippen molar-refractivity contribution in [2.75, 3.05) is 6.54 Å². The van der Waals surface area contributed by atoms with Crippen LogP contribution in [-0.2, 0) is 14.4 Å². The fourth-order valence-corrected chi connectivity index (χ4v) is 3.10. The number of amides is 1. The molecule has 2 N–H and O–H groups in total. The van der Waals surface area contributed by atoms with E-state index in [1.54, 1.807) is 30.3 Å². The maximum absolute atomic E-state index is 13.7. The van der Waals surface area contributed by atoms with Crippen LogP contribution >= 0.6 is 0 Å². The summed E-state index contributed by atoms with van der Waals surface area (Å²) in [5.74, 6) is -3.96. The second-order valence-electron chi connectivity index (χ2n) is 6.06. The molecule has 2 aromatic carbocycles. The van der Waals surface area contributed by atoms with Crippen molar-refractivity contribution in [1.29, 1.82) is 0 Å². The topological polar surface area (TPSA) is 94.9 Å². The van der Waals surface area contributed by atoms with E-state index in [2.05, 4.69) is 0 Å². The Morgan fingerprint density at radius 3 is 2.37 bits per heavy atom. The highest BCUT2D eigenvalue weighted by Gasteiger charge is 2.46. The summed E-state index contributed by atoms with van der Waals surface area (Å²) in [6.45, 7) is -0.243. The van der Waals surface area contributed by atoms with E-state index in [4.69, 9.17) is 5.11 Å². The average Bonchev–Trinajstić information content (AvgIpc) is 2.91. The molecule has 1 aliphatic rings. The van der Waals surface area contributed by atoms with E-state index in [1.165, 1.54) is 18.2 Å². The minimum atomic E-state index is -1.14. The lowest BCUT2D eigenvalue weighted by Gasteiger charge is -2.24. The molecule has 1 heterocycles. The zero-order chi connectivity index (χ0) is 19.6. The number of hydrogen-bond acceptors (Lipinski definition) is 4. The van der Waals surface area contributed by atoms with E-state index in [0.29, 0.717) is 5.56 Å². The van der Waals surface area contributed by atoms with Crippen LogP contribution in [0.4, 0.5) is 4.39 Å². The number of aliphatic carboxylic acids is 1. The van der Waals surface area contributed by atoms with Crippen LogP contribution in [0.3, 0.4) is 0 Å². The maximum Gasteiger partial charge on any atom is 0.305 e. The molecule has 1 aliphatic heterocycles. The zero-order valence-electron chi connectivity index (χ0n) is 14.1. The van der Waals surface area contributed by atoms with Gasteiger partial charge >= 0.3 is 5.97 Å². The molecule has 6 nitrogen and oxygen atoms in total. The molecule has 138 valence electrons. The lowest BCUT2D eigenvalue weighted by atomic mass is 9.95. The Morgan fingerprint density at radius 2 is 1.74 bits per heavy atom. The number of carbonyl (C=O) groups excluding carboxylic acids is 2. The third-order valence-corrected chi connectivity index (χ3v) is 4.32. The van der Waals surface area contributed by atoms with Gasteiger partial charge in [0.2, 0.25) is 0 Å². The highest BCUT2D eigenvalue weighted by Crippen LogP contribution is 2.39. The van der Waals surface area contributed by atoms with Gasteiger partial charge in [-0.05, 0) is 17.7 Å². The van der Waals surface area contributed by atoms with Crippen LogP contribution < -0.4 is 0 Å². The van der Waals surface area contributed by atoms with E-state index in [-0.39, 0.29) is 29.9 Å². The van der Waals surface area contributed by atoms with Crippen molar-refractivity contribution >= 4 is 23.4 Å². The van der Waals surface area contributed by atoms with Crippen LogP contribution in [0, 0.1) is 5.82 Å². The Bertz CT molecular complexity index is 938. The molecule has 1 amide bonds. The summed E-state index contributed by atoms with van der Waals surface area (Å²) < 4.78 is 13.7. The second kappa shape index (κ2) is 7.41. The number of halogens is 1. The second-order valence-corrected chi connectivity index (χ2v) is 6.06. The maximum atomic E-state index is 13.7. The lowest BCUT2D eigenvalue weighted by Crippen LogP contribution is -2.31. The molecule has 1 saturated heterocycles. The average molecular weight is 369 g/mol. The summed E-state index contributed by atoms with van der Waals surface area (Å²) in [5.41, 5.74) is 0.411. The Morgan fingerprint density at radius 1 is 1.04 bits per heavy atom. The van der Waals surface area contributed by atoms with Gasteiger partial charge in [0, 0.05) is 12.1 Å². The number of aliphatic hydroxyl groups is 1. The van der Waals surface area contributed by atoms with Gasteiger partial charge in [0.1, 0.15) is 11.6 Å². The fourth-order valence-electron chi connectivity index (χ4n) is 3.10. The summed E-state index contributed by atoms with van der Waals surface area (Å²) in [6.07, 6.45) is -0.385. The van der Waals surface area contributed by atoms with Crippen molar-refractivity contribution in [2.24, 2.45) is 0 Å². The normalized spacial score (nSPS) is 18.7. The standard InChI is InChI=1S/C20H16FNO5/c21-14-8-4-7-13(11-14)17-16(18(25)12-5-2-1-3-6-12)19(26)20(27)22(17)10-9-15(23)24/h1-8,11,17,25H,9-10H2,(H,23,24). The molecule has 0 spiro atoms. The number of carboxylic acids is 1. The lowest BCUT2D eigenvalue weighted by molar-refractivity contribution is -0.142. The van der Waals surface area contributed by atoms with Gasteiger partial charge in [-0.25, -0.2) is 4.39 Å². The summed E-state index contributed by atoms with van der Waals surface area (Å²) >= 11 is 0. The monoisotopic (exact) mass is 369 g/mol. The molecule has 27 heavy (non-hydrogen) atoms. The molecule has 3 rings (SSSR count). The Labute approximate surface area is 154 Å². The number of Topliss-reactive ketones (excluding diaryl/α,β-unsaturated/α-hetero) is 1. The first-order chi connectivity index (χ1) is 12.9. The molecule has 0 radical (unpaired) electrons. The molecule has 2 aromatic rings. The largest absolute Gasteiger partial charge is 0.507 e. The molecular formula is C20H16FNO5. The summed E-state index contributed by atoms with van der Waals surface area (Å²) in [4.78, 5) is 37.1.